The fraction of sp³-hybridized carbons (Fsp3) is 0.160. The average Bonchev–Trinajstić information content (AvgIpc) is 3.16. The zero-order valence-electron chi connectivity index (χ0n) is 17.3. The van der Waals surface area contributed by atoms with E-state index >= 15 is 0 Å². The highest BCUT2D eigenvalue weighted by molar-refractivity contribution is 6.34. The van der Waals surface area contributed by atoms with Crippen molar-refractivity contribution in [2.75, 3.05) is 0 Å². The molecule has 0 saturated carbocycles. The van der Waals surface area contributed by atoms with Crippen LogP contribution in [0.4, 0.5) is 0 Å². The predicted octanol–water partition coefficient (Wildman–Crippen LogP) is 6.85. The summed E-state index contributed by atoms with van der Waals surface area (Å²) >= 11 is 13.0. The Labute approximate surface area is 186 Å². The van der Waals surface area contributed by atoms with Gasteiger partial charge in [0, 0.05) is 47.7 Å². The molecule has 2 aromatic heterocycles. The van der Waals surface area contributed by atoms with Gasteiger partial charge in [-0.1, -0.05) is 59.6 Å². The molecule has 152 valence electrons. The van der Waals surface area contributed by atoms with E-state index in [1.165, 1.54) is 0 Å². The summed E-state index contributed by atoms with van der Waals surface area (Å²) in [5.74, 6) is -0.0314. The lowest BCUT2D eigenvalue weighted by atomic mass is 9.93. The summed E-state index contributed by atoms with van der Waals surface area (Å²) in [5.41, 5.74) is 6.45. The Morgan fingerprint density at radius 2 is 1.07 bits per heavy atom. The normalized spacial score (nSPS) is 11.1. The number of rotatable bonds is 4. The molecule has 0 atom stereocenters. The standard InChI is InChI=1S/C25H22Cl2N2O/c1-15-13-28(3)23(17-9-5-7-11-19(17)26)21(15)25(30)22-16(2)14-29(4)24(22)18-10-6-8-12-20(18)27/h5-14H,1-4H3. The fourth-order valence-electron chi connectivity index (χ4n) is 4.22. The van der Waals surface area contributed by atoms with E-state index in [1.54, 1.807) is 0 Å². The average molecular weight is 437 g/mol. The monoisotopic (exact) mass is 436 g/mol. The van der Waals surface area contributed by atoms with Crippen molar-refractivity contribution in [2.45, 2.75) is 13.8 Å². The number of carbonyl (C=O) groups excluding carboxylic acids is 1. The quantitative estimate of drug-likeness (QED) is 0.321. The van der Waals surface area contributed by atoms with Crippen LogP contribution in [-0.4, -0.2) is 14.9 Å². The van der Waals surface area contributed by atoms with Crippen molar-refractivity contribution in [1.29, 1.82) is 0 Å². The van der Waals surface area contributed by atoms with Gasteiger partial charge in [0.2, 0.25) is 0 Å². The maximum absolute atomic E-state index is 14.0. The number of ketones is 1. The van der Waals surface area contributed by atoms with Crippen LogP contribution in [0.25, 0.3) is 22.5 Å². The fourth-order valence-corrected chi connectivity index (χ4v) is 4.67. The minimum Gasteiger partial charge on any atom is -0.350 e. The van der Waals surface area contributed by atoms with Gasteiger partial charge in [0.25, 0.3) is 0 Å². The van der Waals surface area contributed by atoms with E-state index in [1.807, 2.05) is 98.0 Å². The Kier molecular flexibility index (Phi) is 5.35. The zero-order valence-corrected chi connectivity index (χ0v) is 18.8. The maximum atomic E-state index is 14.0. The molecule has 0 aliphatic carbocycles. The van der Waals surface area contributed by atoms with Crippen molar-refractivity contribution in [2.24, 2.45) is 14.1 Å². The molecule has 2 heterocycles. The molecular formula is C25H22Cl2N2O. The minimum absolute atomic E-state index is 0.0314. The van der Waals surface area contributed by atoms with Gasteiger partial charge in [-0.3, -0.25) is 4.79 Å². The van der Waals surface area contributed by atoms with Gasteiger partial charge in [-0.15, -0.1) is 0 Å². The first-order valence-corrected chi connectivity index (χ1v) is 10.4. The first-order chi connectivity index (χ1) is 14.3. The third-order valence-corrected chi connectivity index (χ3v) is 6.11. The summed E-state index contributed by atoms with van der Waals surface area (Å²) in [6.45, 7) is 3.92. The second-order valence-electron chi connectivity index (χ2n) is 7.58. The minimum atomic E-state index is -0.0314. The first kappa shape index (κ1) is 20.5. The van der Waals surface area contributed by atoms with E-state index in [4.69, 9.17) is 23.2 Å². The van der Waals surface area contributed by atoms with E-state index in [2.05, 4.69) is 0 Å². The molecule has 4 rings (SSSR count). The van der Waals surface area contributed by atoms with E-state index in [0.29, 0.717) is 21.2 Å². The molecule has 0 aliphatic heterocycles. The zero-order chi connectivity index (χ0) is 21.6. The van der Waals surface area contributed by atoms with Crippen LogP contribution in [0.1, 0.15) is 27.0 Å². The lowest BCUT2D eigenvalue weighted by Crippen LogP contribution is -2.08. The summed E-state index contributed by atoms with van der Waals surface area (Å²) in [6.07, 6.45) is 3.94. The van der Waals surface area contributed by atoms with Gasteiger partial charge in [-0.2, -0.15) is 0 Å². The predicted molar refractivity (Wildman–Crippen MR) is 125 cm³/mol. The van der Waals surface area contributed by atoms with Crippen LogP contribution in [-0.2, 0) is 14.1 Å². The largest absolute Gasteiger partial charge is 0.350 e. The highest BCUT2D eigenvalue weighted by Gasteiger charge is 2.28. The Balaban J connectivity index is 1.98. The van der Waals surface area contributed by atoms with Crippen molar-refractivity contribution < 1.29 is 4.79 Å². The van der Waals surface area contributed by atoms with Crippen molar-refractivity contribution in [1.82, 2.24) is 9.13 Å². The van der Waals surface area contributed by atoms with Crippen molar-refractivity contribution >= 4 is 29.0 Å². The van der Waals surface area contributed by atoms with Crippen LogP contribution in [0.5, 0.6) is 0 Å². The van der Waals surface area contributed by atoms with Crippen LogP contribution in [0.2, 0.25) is 10.0 Å². The molecule has 0 amide bonds. The highest BCUT2D eigenvalue weighted by Crippen LogP contribution is 2.38. The Morgan fingerprint density at radius 1 is 0.700 bits per heavy atom. The smallest absolute Gasteiger partial charge is 0.197 e. The lowest BCUT2D eigenvalue weighted by Gasteiger charge is -2.13. The van der Waals surface area contributed by atoms with Crippen LogP contribution in [0, 0.1) is 13.8 Å². The molecule has 0 fully saturated rings. The first-order valence-electron chi connectivity index (χ1n) is 9.67. The molecule has 0 unspecified atom stereocenters. The van der Waals surface area contributed by atoms with Crippen LogP contribution in [0.3, 0.4) is 0 Å². The van der Waals surface area contributed by atoms with Crippen molar-refractivity contribution in [3.8, 4) is 22.5 Å². The summed E-state index contributed by atoms with van der Waals surface area (Å²) < 4.78 is 3.94. The Hall–Kier alpha value is -2.75. The summed E-state index contributed by atoms with van der Waals surface area (Å²) in [4.78, 5) is 14.0. The Morgan fingerprint density at radius 3 is 1.43 bits per heavy atom. The molecule has 3 nitrogen and oxygen atoms in total. The topological polar surface area (TPSA) is 26.9 Å². The third kappa shape index (κ3) is 3.28. The Bertz CT molecular complexity index is 1180. The molecule has 5 heteroatoms. The molecule has 0 saturated heterocycles. The van der Waals surface area contributed by atoms with Crippen LogP contribution >= 0.6 is 23.2 Å². The third-order valence-electron chi connectivity index (χ3n) is 5.45. The van der Waals surface area contributed by atoms with Gasteiger partial charge in [-0.05, 0) is 37.1 Å². The van der Waals surface area contributed by atoms with Crippen molar-refractivity contribution in [3.05, 3.63) is 93.2 Å². The molecule has 2 aromatic carbocycles. The van der Waals surface area contributed by atoms with E-state index in [-0.39, 0.29) is 5.78 Å². The van der Waals surface area contributed by atoms with Gasteiger partial charge in [0.15, 0.2) is 5.78 Å². The molecular weight excluding hydrogens is 415 g/mol. The van der Waals surface area contributed by atoms with Gasteiger partial charge >= 0.3 is 0 Å². The second kappa shape index (κ2) is 7.82. The summed E-state index contributed by atoms with van der Waals surface area (Å²) in [6, 6.07) is 15.2. The van der Waals surface area contributed by atoms with Gasteiger partial charge in [-0.25, -0.2) is 0 Å². The molecule has 30 heavy (non-hydrogen) atoms. The molecule has 0 aliphatic rings. The van der Waals surface area contributed by atoms with Gasteiger partial charge in [0.05, 0.1) is 22.5 Å². The molecule has 0 N–H and O–H groups in total. The number of nitrogens with zero attached hydrogens (tertiary/aromatic N) is 2. The number of aromatic nitrogens is 2. The maximum Gasteiger partial charge on any atom is 0.197 e. The second-order valence-corrected chi connectivity index (χ2v) is 8.40. The number of carbonyl (C=O) groups is 1. The molecule has 0 spiro atoms. The van der Waals surface area contributed by atoms with Crippen LogP contribution in [0.15, 0.2) is 60.9 Å². The van der Waals surface area contributed by atoms with E-state index in [0.717, 1.165) is 33.6 Å². The summed E-state index contributed by atoms with van der Waals surface area (Å²) in [7, 11) is 3.88. The lowest BCUT2D eigenvalue weighted by molar-refractivity contribution is 0.103. The molecule has 0 bridgehead atoms. The number of hydrogen-bond acceptors (Lipinski definition) is 1. The van der Waals surface area contributed by atoms with Crippen molar-refractivity contribution in [3.63, 3.8) is 0 Å². The van der Waals surface area contributed by atoms with Gasteiger partial charge in [0.1, 0.15) is 0 Å². The van der Waals surface area contributed by atoms with Gasteiger partial charge < -0.3 is 9.13 Å². The SMILES string of the molecule is Cc1cn(C)c(-c2ccccc2Cl)c1C(=O)c1c(C)cn(C)c1-c1ccccc1Cl. The van der Waals surface area contributed by atoms with Crippen LogP contribution < -0.4 is 0 Å². The number of hydrogen-bond donors (Lipinski definition) is 0. The molecule has 0 radical (unpaired) electrons. The van der Waals surface area contributed by atoms with E-state index in [9.17, 15) is 4.79 Å². The summed E-state index contributed by atoms with van der Waals surface area (Å²) in [5, 5.41) is 1.23. The number of halogens is 2. The number of aryl methyl sites for hydroxylation is 4. The molecule has 4 aromatic rings. The highest BCUT2D eigenvalue weighted by atomic mass is 35.5. The van der Waals surface area contributed by atoms with E-state index < -0.39 is 0 Å². The number of benzene rings is 2.